The minimum Gasteiger partial charge on any atom is -0.228 e. The molecule has 10 rings (SSSR count). The van der Waals surface area contributed by atoms with E-state index in [0.717, 1.165) is 67.0 Å². The van der Waals surface area contributed by atoms with Crippen molar-refractivity contribution in [3.8, 4) is 101 Å². The molecule has 0 saturated carbocycles. The molecule has 0 saturated heterocycles. The SMILES string of the molecule is c1ccc(-c2cccc(-c3cccc(-c4nc(-c5ccccc5)cc(-c5ccc(-c6cccc(-c7nc(-c8ccccc8)nc(-c8ccccc8)n7)c6)cc5)n4)c3)c2)cc1. The van der Waals surface area contributed by atoms with Crippen molar-refractivity contribution >= 4 is 0 Å². The van der Waals surface area contributed by atoms with Gasteiger partial charge in [0.25, 0.3) is 0 Å². The highest BCUT2D eigenvalue weighted by molar-refractivity contribution is 5.79. The number of aromatic nitrogens is 5. The van der Waals surface area contributed by atoms with Crippen LogP contribution in [0.3, 0.4) is 0 Å². The Labute approximate surface area is 349 Å². The second kappa shape index (κ2) is 16.4. The lowest BCUT2D eigenvalue weighted by molar-refractivity contribution is 1.07. The van der Waals surface area contributed by atoms with Gasteiger partial charge in [-0.05, 0) is 57.6 Å². The molecule has 5 nitrogen and oxygen atoms in total. The molecule has 0 radical (unpaired) electrons. The van der Waals surface area contributed by atoms with E-state index >= 15 is 0 Å². The Bertz CT molecular complexity index is 3000. The molecule has 0 N–H and O–H groups in total. The average molecular weight is 768 g/mol. The maximum Gasteiger partial charge on any atom is 0.164 e. The summed E-state index contributed by atoms with van der Waals surface area (Å²) in [5.74, 6) is 2.57. The first-order valence-corrected chi connectivity index (χ1v) is 20.0. The van der Waals surface area contributed by atoms with Crippen molar-refractivity contribution in [2.24, 2.45) is 0 Å². The Morgan fingerprint density at radius 2 is 0.433 bits per heavy atom. The van der Waals surface area contributed by atoms with Crippen LogP contribution in [-0.2, 0) is 0 Å². The summed E-state index contributed by atoms with van der Waals surface area (Å²) in [6, 6.07) is 77.1. The molecule has 0 unspecified atom stereocenters. The normalized spacial score (nSPS) is 11.0. The number of nitrogens with zero attached hydrogens (tertiary/aromatic N) is 5. The third-order valence-corrected chi connectivity index (χ3v) is 10.6. The summed E-state index contributed by atoms with van der Waals surface area (Å²) in [5, 5.41) is 0. The van der Waals surface area contributed by atoms with E-state index in [9.17, 15) is 0 Å². The van der Waals surface area contributed by atoms with Crippen LogP contribution >= 0.6 is 0 Å². The van der Waals surface area contributed by atoms with Crippen LogP contribution in [0.25, 0.3) is 101 Å². The van der Waals surface area contributed by atoms with Crippen LogP contribution in [0.5, 0.6) is 0 Å². The van der Waals surface area contributed by atoms with Crippen LogP contribution in [0.4, 0.5) is 0 Å². The van der Waals surface area contributed by atoms with Gasteiger partial charge in [-0.15, -0.1) is 0 Å². The summed E-state index contributed by atoms with van der Waals surface area (Å²) in [5.41, 5.74) is 14.2. The van der Waals surface area contributed by atoms with Gasteiger partial charge in [0.05, 0.1) is 11.4 Å². The van der Waals surface area contributed by atoms with E-state index in [0.29, 0.717) is 23.3 Å². The van der Waals surface area contributed by atoms with E-state index in [-0.39, 0.29) is 0 Å². The van der Waals surface area contributed by atoms with Gasteiger partial charge in [0.2, 0.25) is 0 Å². The van der Waals surface area contributed by atoms with Gasteiger partial charge < -0.3 is 0 Å². The molecule has 0 bridgehead atoms. The first-order valence-electron chi connectivity index (χ1n) is 20.0. The zero-order valence-electron chi connectivity index (χ0n) is 32.6. The minimum atomic E-state index is 0.621. The summed E-state index contributed by atoms with van der Waals surface area (Å²) in [4.78, 5) is 25.1. The summed E-state index contributed by atoms with van der Waals surface area (Å²) in [6.07, 6.45) is 0. The highest BCUT2D eigenvalue weighted by Crippen LogP contribution is 2.33. The lowest BCUT2D eigenvalue weighted by Crippen LogP contribution is -2.00. The van der Waals surface area contributed by atoms with Crippen molar-refractivity contribution in [3.05, 3.63) is 224 Å². The Balaban J connectivity index is 0.993. The van der Waals surface area contributed by atoms with Crippen LogP contribution in [0.2, 0.25) is 0 Å². The van der Waals surface area contributed by atoms with Crippen molar-refractivity contribution in [1.29, 1.82) is 0 Å². The molecule has 0 aliphatic carbocycles. The monoisotopic (exact) mass is 767 g/mol. The molecule has 2 heterocycles. The predicted octanol–water partition coefficient (Wildman–Crippen LogP) is 13.7. The highest BCUT2D eigenvalue weighted by Gasteiger charge is 2.15. The van der Waals surface area contributed by atoms with Gasteiger partial charge in [-0.2, -0.15) is 0 Å². The molecule has 0 aliphatic rings. The summed E-state index contributed by atoms with van der Waals surface area (Å²) >= 11 is 0. The highest BCUT2D eigenvalue weighted by atomic mass is 15.0. The third kappa shape index (κ3) is 7.76. The quantitative estimate of drug-likeness (QED) is 0.146. The maximum atomic E-state index is 5.19. The summed E-state index contributed by atoms with van der Waals surface area (Å²) in [7, 11) is 0. The second-order valence-electron chi connectivity index (χ2n) is 14.6. The van der Waals surface area contributed by atoms with Gasteiger partial charge in [-0.25, -0.2) is 24.9 Å². The molecule has 60 heavy (non-hydrogen) atoms. The Morgan fingerprint density at radius 3 is 0.883 bits per heavy atom. The fourth-order valence-corrected chi connectivity index (χ4v) is 7.44. The van der Waals surface area contributed by atoms with E-state index in [2.05, 4.69) is 140 Å². The fraction of sp³-hybridized carbons (Fsp3) is 0. The Kier molecular flexibility index (Phi) is 9.88. The standard InChI is InChI=1S/C55H37N5/c1-5-16-38(17-6-1)44-24-13-26-46(34-44)47-27-15-28-48(36-47)54-56-50(40-18-7-2-8-19-40)37-51(57-54)41-32-30-39(31-33-41)45-25-14-29-49(35-45)55-59-52(42-20-9-3-10-21-42)58-53(60-55)43-22-11-4-12-23-43/h1-37H. The van der Waals surface area contributed by atoms with Gasteiger partial charge in [-0.1, -0.05) is 200 Å². The van der Waals surface area contributed by atoms with Crippen molar-refractivity contribution in [1.82, 2.24) is 24.9 Å². The Morgan fingerprint density at radius 1 is 0.167 bits per heavy atom. The van der Waals surface area contributed by atoms with Gasteiger partial charge in [0.15, 0.2) is 23.3 Å². The molecule has 0 spiro atoms. The maximum absolute atomic E-state index is 5.19. The molecular formula is C55H37N5. The molecule has 0 atom stereocenters. The van der Waals surface area contributed by atoms with Crippen molar-refractivity contribution in [2.75, 3.05) is 0 Å². The summed E-state index contributed by atoms with van der Waals surface area (Å²) < 4.78 is 0. The largest absolute Gasteiger partial charge is 0.228 e. The lowest BCUT2D eigenvalue weighted by Gasteiger charge is -2.12. The molecule has 2 aromatic heterocycles. The van der Waals surface area contributed by atoms with Crippen LogP contribution in [0.15, 0.2) is 224 Å². The molecule has 0 fully saturated rings. The van der Waals surface area contributed by atoms with Crippen LogP contribution in [0, 0.1) is 0 Å². The predicted molar refractivity (Wildman–Crippen MR) is 244 cm³/mol. The smallest absolute Gasteiger partial charge is 0.164 e. The van der Waals surface area contributed by atoms with E-state index in [1.54, 1.807) is 0 Å². The molecule has 0 aliphatic heterocycles. The molecule has 10 aromatic rings. The van der Waals surface area contributed by atoms with Crippen LogP contribution in [0.1, 0.15) is 0 Å². The molecule has 282 valence electrons. The van der Waals surface area contributed by atoms with Gasteiger partial charge >= 0.3 is 0 Å². The number of hydrogen-bond acceptors (Lipinski definition) is 5. The van der Waals surface area contributed by atoms with Crippen molar-refractivity contribution < 1.29 is 0 Å². The van der Waals surface area contributed by atoms with E-state index in [1.165, 1.54) is 11.1 Å². The van der Waals surface area contributed by atoms with Crippen LogP contribution in [-0.4, -0.2) is 24.9 Å². The minimum absolute atomic E-state index is 0.621. The Hall–Kier alpha value is -8.15. The lowest BCUT2D eigenvalue weighted by atomic mass is 9.97. The molecule has 5 heteroatoms. The van der Waals surface area contributed by atoms with Crippen molar-refractivity contribution in [3.63, 3.8) is 0 Å². The average Bonchev–Trinajstić information content (AvgIpc) is 3.35. The number of rotatable bonds is 9. The zero-order chi connectivity index (χ0) is 40.1. The topological polar surface area (TPSA) is 64.5 Å². The number of hydrogen-bond donors (Lipinski definition) is 0. The number of benzene rings is 8. The van der Waals surface area contributed by atoms with Gasteiger partial charge in [0, 0.05) is 33.4 Å². The molecule has 0 amide bonds. The second-order valence-corrected chi connectivity index (χ2v) is 14.6. The van der Waals surface area contributed by atoms with Crippen LogP contribution < -0.4 is 0 Å². The van der Waals surface area contributed by atoms with Gasteiger partial charge in [0.1, 0.15) is 0 Å². The third-order valence-electron chi connectivity index (χ3n) is 10.6. The van der Waals surface area contributed by atoms with Gasteiger partial charge in [-0.3, -0.25) is 0 Å². The van der Waals surface area contributed by atoms with E-state index < -0.39 is 0 Å². The summed E-state index contributed by atoms with van der Waals surface area (Å²) in [6.45, 7) is 0. The zero-order valence-corrected chi connectivity index (χ0v) is 32.6. The fourth-order valence-electron chi connectivity index (χ4n) is 7.44. The molecular weight excluding hydrogens is 731 g/mol. The first-order chi connectivity index (χ1) is 29.7. The molecule has 8 aromatic carbocycles. The van der Waals surface area contributed by atoms with Crippen molar-refractivity contribution in [2.45, 2.75) is 0 Å². The van der Waals surface area contributed by atoms with E-state index in [4.69, 9.17) is 24.9 Å². The first kappa shape index (κ1) is 36.2. The van der Waals surface area contributed by atoms with E-state index in [1.807, 2.05) is 84.9 Å².